The van der Waals surface area contributed by atoms with E-state index in [4.69, 9.17) is 13.9 Å². The van der Waals surface area contributed by atoms with E-state index in [1.165, 1.54) is 5.57 Å². The molecular formula is C33H44O5Si. The fourth-order valence-electron chi connectivity index (χ4n) is 7.66. The van der Waals surface area contributed by atoms with E-state index >= 15 is 0 Å². The highest BCUT2D eigenvalue weighted by molar-refractivity contribution is 6.99. The lowest BCUT2D eigenvalue weighted by Crippen LogP contribution is -2.67. The van der Waals surface area contributed by atoms with Crippen molar-refractivity contribution >= 4 is 24.7 Å². The molecule has 2 heterocycles. The van der Waals surface area contributed by atoms with E-state index in [2.05, 4.69) is 72.7 Å². The van der Waals surface area contributed by atoms with Crippen LogP contribution in [0.3, 0.4) is 0 Å². The smallest absolute Gasteiger partial charge is 0.331 e. The van der Waals surface area contributed by atoms with Crippen molar-refractivity contribution < 1.29 is 23.8 Å². The summed E-state index contributed by atoms with van der Waals surface area (Å²) in [6.07, 6.45) is 1.23. The Kier molecular flexibility index (Phi) is 7.24. The SMILES string of the molecule is CC1=C2[C@@H](CC1)[C@]1(C)O[C@@](C(C)C)(C[C@H]1OC(=O)CO[Si](c1ccccc1)(c1ccccc1)C(C)(C)C)[C@@H]2O. The predicted octanol–water partition coefficient (Wildman–Crippen LogP) is 5.15. The number of carbonyl (C=O) groups excluding carboxylic acids is 1. The maximum Gasteiger partial charge on any atom is 0.331 e. The van der Waals surface area contributed by atoms with Crippen molar-refractivity contribution in [1.82, 2.24) is 0 Å². The molecule has 5 nitrogen and oxygen atoms in total. The Morgan fingerprint density at radius 3 is 2.15 bits per heavy atom. The van der Waals surface area contributed by atoms with Crippen LogP contribution < -0.4 is 10.4 Å². The van der Waals surface area contributed by atoms with Gasteiger partial charge in [-0.15, -0.1) is 0 Å². The number of carbonyl (C=O) groups is 1. The number of hydrogen-bond acceptors (Lipinski definition) is 5. The maximum absolute atomic E-state index is 13.6. The van der Waals surface area contributed by atoms with Gasteiger partial charge < -0.3 is 19.0 Å². The van der Waals surface area contributed by atoms with E-state index in [1.807, 2.05) is 36.4 Å². The van der Waals surface area contributed by atoms with Gasteiger partial charge in [-0.3, -0.25) is 0 Å². The van der Waals surface area contributed by atoms with E-state index in [0.29, 0.717) is 6.42 Å². The van der Waals surface area contributed by atoms with Gasteiger partial charge in [0.15, 0.2) is 0 Å². The van der Waals surface area contributed by atoms with Gasteiger partial charge in [0.1, 0.15) is 30.0 Å². The lowest BCUT2D eigenvalue weighted by Gasteiger charge is -2.49. The number of rotatable bonds is 7. The number of aliphatic hydroxyl groups is 1. The van der Waals surface area contributed by atoms with E-state index < -0.39 is 31.7 Å². The summed E-state index contributed by atoms with van der Waals surface area (Å²) in [5.74, 6) is -0.248. The van der Waals surface area contributed by atoms with Gasteiger partial charge in [-0.25, -0.2) is 4.79 Å². The van der Waals surface area contributed by atoms with Crippen molar-refractivity contribution in [2.75, 3.05) is 6.61 Å². The van der Waals surface area contributed by atoms with Crippen LogP contribution in [0.2, 0.25) is 5.04 Å². The minimum atomic E-state index is -2.87. The molecule has 0 radical (unpaired) electrons. The lowest BCUT2D eigenvalue weighted by atomic mass is 9.74. The fourth-order valence-corrected chi connectivity index (χ4v) is 12.2. The zero-order chi connectivity index (χ0) is 28.2. The molecule has 0 unspecified atom stereocenters. The van der Waals surface area contributed by atoms with Gasteiger partial charge in [0.05, 0.1) is 0 Å². The Morgan fingerprint density at radius 2 is 1.64 bits per heavy atom. The third-order valence-electron chi connectivity index (χ3n) is 9.75. The van der Waals surface area contributed by atoms with Crippen molar-refractivity contribution in [3.8, 4) is 0 Å². The molecule has 5 atom stereocenters. The molecule has 2 bridgehead atoms. The largest absolute Gasteiger partial charge is 0.457 e. The van der Waals surface area contributed by atoms with Crippen LogP contribution in [0.1, 0.15) is 67.7 Å². The molecule has 0 aromatic heterocycles. The number of hydrogen-bond donors (Lipinski definition) is 1. The number of ether oxygens (including phenoxy) is 2. The zero-order valence-corrected chi connectivity index (χ0v) is 25.5. The van der Waals surface area contributed by atoms with Crippen LogP contribution in [0.15, 0.2) is 71.8 Å². The molecule has 3 aliphatic rings. The molecule has 5 rings (SSSR count). The summed E-state index contributed by atoms with van der Waals surface area (Å²) in [7, 11) is -2.87. The molecule has 0 saturated carbocycles. The van der Waals surface area contributed by atoms with Gasteiger partial charge in [0, 0.05) is 12.3 Å². The average Bonchev–Trinajstić information content (AvgIpc) is 3.42. The highest BCUT2D eigenvalue weighted by Crippen LogP contribution is 2.60. The van der Waals surface area contributed by atoms with Crippen LogP contribution in [0.4, 0.5) is 0 Å². The molecule has 2 aromatic carbocycles. The summed E-state index contributed by atoms with van der Waals surface area (Å²) >= 11 is 0. The van der Waals surface area contributed by atoms with Gasteiger partial charge in [0.25, 0.3) is 8.32 Å². The Morgan fingerprint density at radius 1 is 1.08 bits per heavy atom. The van der Waals surface area contributed by atoms with E-state index in [9.17, 15) is 9.90 Å². The Bertz CT molecular complexity index is 1190. The summed E-state index contributed by atoms with van der Waals surface area (Å²) in [6, 6.07) is 20.6. The van der Waals surface area contributed by atoms with Crippen LogP contribution in [-0.2, 0) is 18.7 Å². The van der Waals surface area contributed by atoms with Crippen LogP contribution in [0.25, 0.3) is 0 Å². The Labute approximate surface area is 234 Å². The van der Waals surface area contributed by atoms with Crippen molar-refractivity contribution in [2.45, 2.75) is 96.2 Å². The summed E-state index contributed by atoms with van der Waals surface area (Å²) < 4.78 is 19.9. The first-order chi connectivity index (χ1) is 18.4. The van der Waals surface area contributed by atoms with Crippen LogP contribution >= 0.6 is 0 Å². The lowest BCUT2D eigenvalue weighted by molar-refractivity contribution is -0.215. The van der Waals surface area contributed by atoms with E-state index in [1.54, 1.807) is 0 Å². The second-order valence-electron chi connectivity index (χ2n) is 13.3. The predicted molar refractivity (Wildman–Crippen MR) is 157 cm³/mol. The quantitative estimate of drug-likeness (QED) is 0.295. The highest BCUT2D eigenvalue weighted by atomic mass is 28.4. The van der Waals surface area contributed by atoms with Crippen molar-refractivity contribution in [2.24, 2.45) is 11.8 Å². The van der Waals surface area contributed by atoms with Crippen LogP contribution in [0.5, 0.6) is 0 Å². The minimum absolute atomic E-state index is 0.0530. The first-order valence-electron chi connectivity index (χ1n) is 14.4. The van der Waals surface area contributed by atoms with Crippen molar-refractivity contribution in [3.05, 3.63) is 71.8 Å². The summed E-state index contributed by atoms with van der Waals surface area (Å²) in [6.45, 7) is 14.8. The van der Waals surface area contributed by atoms with Gasteiger partial charge in [-0.2, -0.15) is 0 Å². The van der Waals surface area contributed by atoms with Crippen molar-refractivity contribution in [1.29, 1.82) is 0 Å². The number of esters is 1. The molecule has 2 aromatic rings. The van der Waals surface area contributed by atoms with Gasteiger partial charge >= 0.3 is 5.97 Å². The van der Waals surface area contributed by atoms with Gasteiger partial charge in [0.2, 0.25) is 0 Å². The summed E-state index contributed by atoms with van der Waals surface area (Å²) in [4.78, 5) is 13.6. The second kappa shape index (κ2) is 9.98. The van der Waals surface area contributed by atoms with Crippen molar-refractivity contribution in [3.63, 3.8) is 0 Å². The molecule has 1 N–H and O–H groups in total. The molecule has 0 spiro atoms. The standard InChI is InChI=1S/C33H44O5Si/c1-22(2)33-20-27(32(7,38-33)26-19-18-23(3)29(26)30(33)35)37-28(34)21-36-39(31(4,5)6,24-14-10-8-11-15-24)25-16-12-9-13-17-25/h8-17,22,26-27,30,35H,18-21H2,1-7H3/t26-,27-,30-,32+,33-/m1/s1. The number of aliphatic hydroxyl groups excluding tert-OH is 1. The molecule has 39 heavy (non-hydrogen) atoms. The average molecular weight is 549 g/mol. The Balaban J connectivity index is 1.44. The first kappa shape index (κ1) is 28.3. The van der Waals surface area contributed by atoms with Gasteiger partial charge in [-0.1, -0.05) is 101 Å². The highest BCUT2D eigenvalue weighted by Gasteiger charge is 2.68. The molecule has 0 amide bonds. The molecule has 2 aliphatic heterocycles. The van der Waals surface area contributed by atoms with E-state index in [0.717, 1.165) is 28.8 Å². The Hall–Kier alpha value is -2.25. The fraction of sp³-hybridized carbons (Fsp3) is 0.545. The summed E-state index contributed by atoms with van der Waals surface area (Å²) in [5, 5.41) is 13.6. The number of allylic oxidation sites excluding steroid dienone is 1. The van der Waals surface area contributed by atoms with E-state index in [-0.39, 0.29) is 29.5 Å². The zero-order valence-electron chi connectivity index (χ0n) is 24.5. The maximum atomic E-state index is 13.6. The van der Waals surface area contributed by atoms with Crippen LogP contribution in [-0.4, -0.2) is 49.4 Å². The number of fused-ring (bicyclic) bond motifs is 4. The minimum Gasteiger partial charge on any atom is -0.457 e. The number of benzene rings is 2. The third kappa shape index (κ3) is 4.35. The third-order valence-corrected chi connectivity index (χ3v) is 14.7. The van der Waals surface area contributed by atoms with Gasteiger partial charge in [-0.05, 0) is 53.6 Å². The topological polar surface area (TPSA) is 65.0 Å². The first-order valence-corrected chi connectivity index (χ1v) is 16.3. The molecule has 1 aliphatic carbocycles. The monoisotopic (exact) mass is 548 g/mol. The summed E-state index contributed by atoms with van der Waals surface area (Å²) in [5.41, 5.74) is 0.952. The molecule has 6 heteroatoms. The molecule has 210 valence electrons. The normalized spacial score (nSPS) is 30.5. The molecule has 2 fully saturated rings. The molecule has 2 saturated heterocycles. The molecular weight excluding hydrogens is 504 g/mol. The second-order valence-corrected chi connectivity index (χ2v) is 17.6. The van der Waals surface area contributed by atoms with Crippen LogP contribution in [0, 0.1) is 11.8 Å².